The number of hydrogen-bond acceptors (Lipinski definition) is 2. The lowest BCUT2D eigenvalue weighted by atomic mass is 9.65. The van der Waals surface area contributed by atoms with Crippen LogP contribution in [0.5, 0.6) is 0 Å². The van der Waals surface area contributed by atoms with Gasteiger partial charge in [0.15, 0.2) is 0 Å². The van der Waals surface area contributed by atoms with Crippen LogP contribution in [0.15, 0.2) is 182 Å². The van der Waals surface area contributed by atoms with Crippen LogP contribution in [0.4, 0.5) is 0 Å². The summed E-state index contributed by atoms with van der Waals surface area (Å²) in [5.74, 6) is 15.7. The van der Waals surface area contributed by atoms with Crippen LogP contribution >= 0.6 is 0 Å². The van der Waals surface area contributed by atoms with Crippen molar-refractivity contribution in [1.82, 2.24) is 0 Å². The van der Waals surface area contributed by atoms with Crippen molar-refractivity contribution in [3.05, 3.63) is 249 Å². The highest BCUT2D eigenvalue weighted by Gasteiger charge is 2.43. The summed E-state index contributed by atoms with van der Waals surface area (Å²) < 4.78 is 6.09. The van der Waals surface area contributed by atoms with Gasteiger partial charge in [0.05, 0.1) is 13.7 Å². The number of ether oxygens (including phenoxy) is 1. The Morgan fingerprint density at radius 2 is 0.857 bits per heavy atom. The molecule has 7 aromatic rings. The van der Waals surface area contributed by atoms with Gasteiger partial charge in [-0.2, -0.15) is 0 Å². The summed E-state index contributed by atoms with van der Waals surface area (Å²) in [7, 11) is 1.73. The fourth-order valence-electron chi connectivity index (χ4n) is 8.50. The van der Waals surface area contributed by atoms with Crippen molar-refractivity contribution in [3.8, 4) is 23.7 Å². The van der Waals surface area contributed by atoms with Crippen LogP contribution in [0.2, 0.25) is 0 Å². The highest BCUT2D eigenvalue weighted by atomic mass is 16.5. The summed E-state index contributed by atoms with van der Waals surface area (Å²) in [4.78, 5) is 0. The topological polar surface area (TPSA) is 29.5 Å². The average Bonchev–Trinajstić information content (AvgIpc) is 3.47. The molecular weight excluding hydrogens is 681 g/mol. The van der Waals surface area contributed by atoms with Gasteiger partial charge in [0.25, 0.3) is 0 Å². The van der Waals surface area contributed by atoms with Gasteiger partial charge >= 0.3 is 0 Å². The van der Waals surface area contributed by atoms with Gasteiger partial charge in [-0.25, -0.2) is 0 Å². The van der Waals surface area contributed by atoms with E-state index in [4.69, 9.17) is 4.74 Å². The summed E-state index contributed by atoms with van der Waals surface area (Å²) in [6.45, 7) is -0.0919. The van der Waals surface area contributed by atoms with Gasteiger partial charge in [-0.05, 0) is 92.1 Å². The van der Waals surface area contributed by atoms with E-state index in [9.17, 15) is 5.11 Å². The van der Waals surface area contributed by atoms with Crippen LogP contribution < -0.4 is 0 Å². The van der Waals surface area contributed by atoms with Gasteiger partial charge in [0.1, 0.15) is 16.6 Å². The monoisotopic (exact) mass is 718 g/mol. The molecule has 2 aliphatic carbocycles. The number of benzene rings is 7. The first-order valence-electron chi connectivity index (χ1n) is 18.9. The van der Waals surface area contributed by atoms with E-state index in [1.54, 1.807) is 7.11 Å². The van der Waals surface area contributed by atoms with Crippen LogP contribution in [-0.4, -0.2) is 18.8 Å². The minimum Gasteiger partial charge on any atom is -0.496 e. The van der Waals surface area contributed by atoms with Crippen molar-refractivity contribution < 1.29 is 9.84 Å². The maximum Gasteiger partial charge on any atom is 0.127 e. The van der Waals surface area contributed by atoms with Gasteiger partial charge in [-0.3, -0.25) is 0 Å². The number of methoxy groups -OCH3 is 1. The van der Waals surface area contributed by atoms with E-state index in [0.717, 1.165) is 78.1 Å². The van der Waals surface area contributed by atoms with Gasteiger partial charge in [-0.15, -0.1) is 0 Å². The summed E-state index contributed by atoms with van der Waals surface area (Å²) in [5, 5.41) is 10.8. The molecule has 2 nitrogen and oxygen atoms in total. The molecule has 1 N–H and O–H groups in total. The van der Waals surface area contributed by atoms with E-state index in [1.807, 2.05) is 54.6 Å². The van der Waals surface area contributed by atoms with Crippen molar-refractivity contribution in [2.45, 2.75) is 10.8 Å². The van der Waals surface area contributed by atoms with Gasteiger partial charge in [0, 0.05) is 16.7 Å². The molecule has 0 fully saturated rings. The fourth-order valence-corrected chi connectivity index (χ4v) is 8.50. The summed E-state index contributed by atoms with van der Waals surface area (Å²) in [6.07, 6.45) is 4.25. The van der Waals surface area contributed by atoms with E-state index >= 15 is 0 Å². The van der Waals surface area contributed by atoms with Crippen molar-refractivity contribution >= 4 is 23.5 Å². The van der Waals surface area contributed by atoms with Crippen molar-refractivity contribution in [2.24, 2.45) is 0 Å². The number of aliphatic hydroxyl groups excluding tert-OH is 1. The molecule has 0 radical (unpaired) electrons. The number of aliphatic hydroxyl groups is 1. The molecular formula is C54H38O2. The maximum absolute atomic E-state index is 10.8. The average molecular weight is 719 g/mol. The Balaban J connectivity index is 1.35. The quantitative estimate of drug-likeness (QED) is 0.184. The van der Waals surface area contributed by atoms with E-state index in [-0.39, 0.29) is 6.61 Å². The molecule has 0 saturated carbocycles. The van der Waals surface area contributed by atoms with Crippen LogP contribution in [0.1, 0.15) is 66.8 Å². The van der Waals surface area contributed by atoms with E-state index in [2.05, 4.69) is 163 Å². The molecule has 2 aliphatic rings. The third-order valence-corrected chi connectivity index (χ3v) is 11.1. The Kier molecular flexibility index (Phi) is 9.05. The minimum absolute atomic E-state index is 0.0919. The Morgan fingerprint density at radius 3 is 1.36 bits per heavy atom. The van der Waals surface area contributed by atoms with E-state index in [0.29, 0.717) is 0 Å². The van der Waals surface area contributed by atoms with E-state index in [1.165, 1.54) is 0 Å². The van der Waals surface area contributed by atoms with Gasteiger partial charge in [0.2, 0.25) is 0 Å². The first kappa shape index (κ1) is 34.7. The molecule has 56 heavy (non-hydrogen) atoms. The molecule has 9 rings (SSSR count). The van der Waals surface area contributed by atoms with Crippen LogP contribution in [0.25, 0.3) is 23.5 Å². The zero-order valence-corrected chi connectivity index (χ0v) is 31.0. The predicted molar refractivity (Wildman–Crippen MR) is 228 cm³/mol. The Morgan fingerprint density at radius 1 is 0.446 bits per heavy atom. The Hall–Kier alpha value is -7.10. The number of hydrogen-bond donors (Lipinski definition) is 1. The van der Waals surface area contributed by atoms with Crippen molar-refractivity contribution in [1.29, 1.82) is 0 Å². The van der Waals surface area contributed by atoms with Crippen molar-refractivity contribution in [2.75, 3.05) is 13.7 Å². The molecule has 0 amide bonds. The molecule has 0 spiro atoms. The molecule has 2 unspecified atom stereocenters. The summed E-state index contributed by atoms with van der Waals surface area (Å²) >= 11 is 0. The molecule has 0 saturated heterocycles. The lowest BCUT2D eigenvalue weighted by molar-refractivity contribution is 0.350. The number of rotatable bonds is 4. The zero-order chi connectivity index (χ0) is 38.0. The zero-order valence-electron chi connectivity index (χ0n) is 31.0. The molecule has 7 aromatic carbocycles. The second kappa shape index (κ2) is 14.6. The molecule has 0 aromatic heterocycles. The maximum atomic E-state index is 10.8. The van der Waals surface area contributed by atoms with Crippen LogP contribution in [0.3, 0.4) is 0 Å². The van der Waals surface area contributed by atoms with Gasteiger partial charge < -0.3 is 9.84 Å². The molecule has 0 heterocycles. The highest BCUT2D eigenvalue weighted by Crippen LogP contribution is 2.50. The minimum atomic E-state index is -0.887. The SMILES string of the molecule is COC1=Cc2ccccc2C(C#Cc2ccccc2)(c2ccc(C3(C#Cc4ccccc4)c4ccccc4C=C(CO)c4ccccc43)cc2)c2ccccc21. The van der Waals surface area contributed by atoms with Crippen LogP contribution in [0, 0.1) is 23.7 Å². The highest BCUT2D eigenvalue weighted by molar-refractivity contribution is 5.90. The summed E-state index contributed by atoms with van der Waals surface area (Å²) in [6, 6.07) is 63.1. The Labute approximate surface area is 329 Å². The third-order valence-electron chi connectivity index (χ3n) is 11.1. The van der Waals surface area contributed by atoms with Crippen molar-refractivity contribution in [3.63, 3.8) is 0 Å². The lowest BCUT2D eigenvalue weighted by Crippen LogP contribution is -2.31. The molecule has 0 bridgehead atoms. The summed E-state index contributed by atoms with van der Waals surface area (Å²) in [5.41, 5.74) is 11.3. The molecule has 0 aliphatic heterocycles. The molecule has 2 atom stereocenters. The first-order chi connectivity index (χ1) is 27.7. The van der Waals surface area contributed by atoms with Gasteiger partial charge in [-0.1, -0.05) is 181 Å². The standard InChI is InChI=1S/C54H38O2/c1-56-52-37-42-21-9-13-25-49(42)54(51-27-15-11-23-47(51)52,35-33-40-18-6-3-7-19-40)45-30-28-44(29-31-45)53(34-32-39-16-4-2-5-17-39)48-24-12-8-20-41(48)36-43(38-55)46-22-10-14-26-50(46)53/h2-31,36-37,55H,38H2,1H3. The lowest BCUT2D eigenvalue weighted by Gasteiger charge is -2.35. The third kappa shape index (κ3) is 5.77. The van der Waals surface area contributed by atoms with Crippen LogP contribution in [-0.2, 0) is 15.6 Å². The first-order valence-corrected chi connectivity index (χ1v) is 18.9. The predicted octanol–water partition coefficient (Wildman–Crippen LogP) is 10.8. The molecule has 266 valence electrons. The second-order valence-corrected chi connectivity index (χ2v) is 14.1. The second-order valence-electron chi connectivity index (χ2n) is 14.1. The number of fused-ring (bicyclic) bond motifs is 4. The largest absolute Gasteiger partial charge is 0.496 e. The van der Waals surface area contributed by atoms with E-state index < -0.39 is 10.8 Å². The normalized spacial score (nSPS) is 17.6. The molecule has 2 heteroatoms. The smallest absolute Gasteiger partial charge is 0.127 e. The Bertz CT molecular complexity index is 2580. The fraction of sp³-hybridized carbons (Fsp3) is 0.0741.